The summed E-state index contributed by atoms with van der Waals surface area (Å²) >= 11 is 5.82. The lowest BCUT2D eigenvalue weighted by atomic mass is 10.2. The number of benzene rings is 3. The summed E-state index contributed by atoms with van der Waals surface area (Å²) in [6.45, 7) is -0.145. The van der Waals surface area contributed by atoms with Gasteiger partial charge in [0.2, 0.25) is 0 Å². The summed E-state index contributed by atoms with van der Waals surface area (Å²) in [5.41, 5.74) is 4.34. The average Bonchev–Trinajstić information content (AvgIpc) is 2.75. The normalized spacial score (nSPS) is 10.5. The van der Waals surface area contributed by atoms with Gasteiger partial charge in [0.05, 0.1) is 6.21 Å². The fourth-order valence-electron chi connectivity index (χ4n) is 2.38. The summed E-state index contributed by atoms with van der Waals surface area (Å²) in [5.74, 6) is -0.0794. The number of rotatable bonds is 7. The van der Waals surface area contributed by atoms with Gasteiger partial charge in [-0.15, -0.1) is 0 Å². The second-order valence-electron chi connectivity index (χ2n) is 5.98. The van der Waals surface area contributed by atoms with Crippen LogP contribution < -0.4 is 15.5 Å². The number of halogens is 1. The molecule has 3 aromatic carbocycles. The van der Waals surface area contributed by atoms with E-state index in [0.717, 1.165) is 0 Å². The number of nitrogens with zero attached hydrogens (tertiary/aromatic N) is 1. The van der Waals surface area contributed by atoms with Gasteiger partial charge in [-0.3, -0.25) is 9.59 Å². The minimum absolute atomic E-state index is 0.145. The predicted octanol–water partition coefficient (Wildman–Crippen LogP) is 4.12. The summed E-state index contributed by atoms with van der Waals surface area (Å²) in [7, 11) is 0. The van der Waals surface area contributed by atoms with E-state index in [2.05, 4.69) is 15.8 Å². The molecule has 146 valence electrons. The molecule has 0 fully saturated rings. The maximum Gasteiger partial charge on any atom is 0.271 e. The van der Waals surface area contributed by atoms with Gasteiger partial charge in [-0.05, 0) is 54.1 Å². The Morgan fingerprint density at radius 1 is 0.966 bits per heavy atom. The number of hydrogen-bond donors (Lipinski definition) is 2. The van der Waals surface area contributed by atoms with Crippen LogP contribution in [0.4, 0.5) is 5.69 Å². The molecule has 0 heterocycles. The first-order valence-corrected chi connectivity index (χ1v) is 9.15. The van der Waals surface area contributed by atoms with Crippen molar-refractivity contribution in [2.75, 3.05) is 11.9 Å². The van der Waals surface area contributed by atoms with Gasteiger partial charge >= 0.3 is 0 Å². The third-order valence-electron chi connectivity index (χ3n) is 3.77. The first kappa shape index (κ1) is 20.1. The third-order valence-corrected chi connectivity index (χ3v) is 4.02. The lowest BCUT2D eigenvalue weighted by Gasteiger charge is -2.08. The van der Waals surface area contributed by atoms with Crippen molar-refractivity contribution in [2.24, 2.45) is 5.10 Å². The van der Waals surface area contributed by atoms with Gasteiger partial charge in [-0.25, -0.2) is 5.43 Å². The Hall–Kier alpha value is -3.64. The number of hydrogen-bond acceptors (Lipinski definition) is 4. The number of amides is 2. The topological polar surface area (TPSA) is 79.8 Å². The summed E-state index contributed by atoms with van der Waals surface area (Å²) in [6, 6.07) is 22.6. The second-order valence-corrected chi connectivity index (χ2v) is 6.42. The fraction of sp³-hybridized carbons (Fsp3) is 0.0455. The van der Waals surface area contributed by atoms with E-state index in [9.17, 15) is 9.59 Å². The van der Waals surface area contributed by atoms with E-state index in [1.807, 2.05) is 6.07 Å². The molecule has 0 aliphatic rings. The summed E-state index contributed by atoms with van der Waals surface area (Å²) < 4.78 is 5.51. The van der Waals surface area contributed by atoms with Gasteiger partial charge < -0.3 is 10.1 Å². The minimum atomic E-state index is -0.298. The van der Waals surface area contributed by atoms with E-state index in [1.165, 1.54) is 6.21 Å². The molecule has 7 heteroatoms. The van der Waals surface area contributed by atoms with E-state index >= 15 is 0 Å². The van der Waals surface area contributed by atoms with Crippen LogP contribution >= 0.6 is 11.6 Å². The summed E-state index contributed by atoms with van der Waals surface area (Å²) in [4.78, 5) is 23.9. The zero-order valence-electron chi connectivity index (χ0n) is 15.3. The summed E-state index contributed by atoms with van der Waals surface area (Å²) in [5, 5.41) is 7.26. The Morgan fingerprint density at radius 3 is 2.48 bits per heavy atom. The molecule has 2 N–H and O–H groups in total. The van der Waals surface area contributed by atoms with Crippen LogP contribution in [0, 0.1) is 0 Å². The first-order chi connectivity index (χ1) is 14.1. The molecule has 3 rings (SSSR count). The molecule has 0 aliphatic heterocycles. The number of anilines is 1. The van der Waals surface area contributed by atoms with E-state index in [4.69, 9.17) is 16.3 Å². The maximum atomic E-state index is 12.0. The van der Waals surface area contributed by atoms with Crippen LogP contribution in [-0.2, 0) is 4.79 Å². The van der Waals surface area contributed by atoms with E-state index in [0.29, 0.717) is 27.6 Å². The zero-order valence-corrected chi connectivity index (χ0v) is 16.1. The number of ether oxygens (including phenoxy) is 1. The Kier molecular flexibility index (Phi) is 6.97. The van der Waals surface area contributed by atoms with Gasteiger partial charge in [0, 0.05) is 16.3 Å². The minimum Gasteiger partial charge on any atom is -0.484 e. The lowest BCUT2D eigenvalue weighted by Crippen LogP contribution is -2.20. The van der Waals surface area contributed by atoms with E-state index < -0.39 is 0 Å². The highest BCUT2D eigenvalue weighted by molar-refractivity contribution is 6.30. The second kappa shape index (κ2) is 10.1. The highest BCUT2D eigenvalue weighted by atomic mass is 35.5. The van der Waals surface area contributed by atoms with Gasteiger partial charge in [-0.2, -0.15) is 5.10 Å². The highest BCUT2D eigenvalue weighted by Gasteiger charge is 2.05. The third kappa shape index (κ3) is 6.48. The standard InChI is InChI=1S/C22H18ClN3O3/c23-18-9-11-19(12-10-18)25-21(27)15-29-20-8-4-5-16(13-20)14-24-26-22(28)17-6-2-1-3-7-17/h1-14H,15H2,(H,25,27)(H,26,28)/b24-14+. The maximum absolute atomic E-state index is 12.0. The smallest absolute Gasteiger partial charge is 0.271 e. The van der Waals surface area contributed by atoms with Gasteiger partial charge in [-0.1, -0.05) is 41.9 Å². The van der Waals surface area contributed by atoms with Crippen molar-refractivity contribution in [1.29, 1.82) is 0 Å². The highest BCUT2D eigenvalue weighted by Crippen LogP contribution is 2.14. The fourth-order valence-corrected chi connectivity index (χ4v) is 2.51. The van der Waals surface area contributed by atoms with Crippen molar-refractivity contribution in [3.05, 3.63) is 95.0 Å². The number of hydrazone groups is 1. The van der Waals surface area contributed by atoms with Crippen molar-refractivity contribution in [2.45, 2.75) is 0 Å². The van der Waals surface area contributed by atoms with Crippen molar-refractivity contribution < 1.29 is 14.3 Å². The molecule has 2 amide bonds. The molecule has 0 bridgehead atoms. The Morgan fingerprint density at radius 2 is 1.72 bits per heavy atom. The van der Waals surface area contributed by atoms with Gasteiger partial charge in [0.25, 0.3) is 11.8 Å². The Balaban J connectivity index is 1.50. The average molecular weight is 408 g/mol. The molecule has 0 spiro atoms. The van der Waals surface area contributed by atoms with Gasteiger partial charge in [0.1, 0.15) is 5.75 Å². The molecule has 0 aliphatic carbocycles. The van der Waals surface area contributed by atoms with Crippen LogP contribution in [0.25, 0.3) is 0 Å². The molecule has 29 heavy (non-hydrogen) atoms. The first-order valence-electron chi connectivity index (χ1n) is 8.77. The number of nitrogens with one attached hydrogen (secondary N) is 2. The van der Waals surface area contributed by atoms with Crippen molar-refractivity contribution in [3.8, 4) is 5.75 Å². The molecule has 0 saturated carbocycles. The van der Waals surface area contributed by atoms with Crippen LogP contribution in [0.1, 0.15) is 15.9 Å². The molecule has 0 aromatic heterocycles. The summed E-state index contributed by atoms with van der Waals surface area (Å²) in [6.07, 6.45) is 1.50. The lowest BCUT2D eigenvalue weighted by molar-refractivity contribution is -0.118. The molecule has 6 nitrogen and oxygen atoms in total. The predicted molar refractivity (Wildman–Crippen MR) is 114 cm³/mol. The van der Waals surface area contributed by atoms with Crippen LogP contribution in [0.3, 0.4) is 0 Å². The van der Waals surface area contributed by atoms with Crippen molar-refractivity contribution in [1.82, 2.24) is 5.43 Å². The van der Waals surface area contributed by atoms with Crippen molar-refractivity contribution in [3.63, 3.8) is 0 Å². The quantitative estimate of drug-likeness (QED) is 0.456. The Labute approximate surface area is 173 Å². The molecule has 0 unspecified atom stereocenters. The van der Waals surface area contributed by atoms with Gasteiger partial charge in [0.15, 0.2) is 6.61 Å². The van der Waals surface area contributed by atoms with E-state index in [1.54, 1.807) is 72.8 Å². The largest absolute Gasteiger partial charge is 0.484 e. The zero-order chi connectivity index (χ0) is 20.5. The van der Waals surface area contributed by atoms with Crippen molar-refractivity contribution >= 4 is 35.3 Å². The molecule has 3 aromatic rings. The van der Waals surface area contributed by atoms with E-state index in [-0.39, 0.29) is 18.4 Å². The molecule has 0 saturated heterocycles. The molecule has 0 radical (unpaired) electrons. The molecular weight excluding hydrogens is 390 g/mol. The van der Waals surface area contributed by atoms with Crippen LogP contribution in [-0.4, -0.2) is 24.6 Å². The van der Waals surface area contributed by atoms with Crippen LogP contribution in [0.2, 0.25) is 5.02 Å². The number of carbonyl (C=O) groups is 2. The van der Waals surface area contributed by atoms with Crippen LogP contribution in [0.5, 0.6) is 5.75 Å². The number of carbonyl (C=O) groups excluding carboxylic acids is 2. The SMILES string of the molecule is O=C(COc1cccc(/C=N/NC(=O)c2ccccc2)c1)Nc1ccc(Cl)cc1. The monoisotopic (exact) mass is 407 g/mol. The molecular formula is C22H18ClN3O3. The molecule has 0 atom stereocenters. The Bertz CT molecular complexity index is 1010. The van der Waals surface area contributed by atoms with Crippen LogP contribution in [0.15, 0.2) is 84.0 Å².